The highest BCUT2D eigenvalue weighted by Crippen LogP contribution is 2.29. The number of hydrogen-bond acceptors (Lipinski definition) is 6. The van der Waals surface area contributed by atoms with Gasteiger partial charge < -0.3 is 15.3 Å². The molecule has 0 spiro atoms. The van der Waals surface area contributed by atoms with Gasteiger partial charge in [0, 0.05) is 32.7 Å². The molecule has 0 aliphatic carbocycles. The third-order valence-corrected chi connectivity index (χ3v) is 4.78. The Balaban J connectivity index is 2.08. The van der Waals surface area contributed by atoms with Gasteiger partial charge in [-0.3, -0.25) is 14.4 Å². The predicted molar refractivity (Wildman–Crippen MR) is 104 cm³/mol. The summed E-state index contributed by atoms with van der Waals surface area (Å²) in [5.74, 6) is -1.13. The van der Waals surface area contributed by atoms with Gasteiger partial charge in [0.2, 0.25) is 15.9 Å². The second-order valence-corrected chi connectivity index (χ2v) is 8.27. The van der Waals surface area contributed by atoms with E-state index in [-0.39, 0.29) is 17.2 Å². The van der Waals surface area contributed by atoms with Gasteiger partial charge in [0.1, 0.15) is 0 Å². The van der Waals surface area contributed by atoms with Crippen molar-refractivity contribution < 1.29 is 23.1 Å². The highest BCUT2D eigenvalue weighted by atomic mass is 32.2. The molecular formula is C17H26N4O5S. The molecule has 1 fully saturated rings. The minimum atomic E-state index is -3.55. The Morgan fingerprint density at radius 1 is 1.19 bits per heavy atom. The number of piperazine rings is 1. The zero-order valence-electron chi connectivity index (χ0n) is 15.6. The van der Waals surface area contributed by atoms with E-state index >= 15 is 0 Å². The molecule has 0 bridgehead atoms. The molecule has 0 unspecified atom stereocenters. The van der Waals surface area contributed by atoms with Crippen molar-refractivity contribution in [3.63, 3.8) is 0 Å². The molecule has 1 aromatic rings. The Morgan fingerprint density at radius 2 is 1.85 bits per heavy atom. The van der Waals surface area contributed by atoms with Crippen LogP contribution in [-0.4, -0.2) is 75.8 Å². The van der Waals surface area contributed by atoms with Crippen molar-refractivity contribution in [1.82, 2.24) is 10.2 Å². The van der Waals surface area contributed by atoms with Gasteiger partial charge in [-0.15, -0.1) is 0 Å². The number of carboxylic acids is 1. The summed E-state index contributed by atoms with van der Waals surface area (Å²) in [5, 5.41) is 12.0. The largest absolute Gasteiger partial charge is 0.478 e. The lowest BCUT2D eigenvalue weighted by Crippen LogP contribution is -2.49. The van der Waals surface area contributed by atoms with Gasteiger partial charge in [-0.25, -0.2) is 13.2 Å². The molecule has 0 saturated carbocycles. The van der Waals surface area contributed by atoms with Crippen LogP contribution < -0.4 is 14.9 Å². The van der Waals surface area contributed by atoms with Crippen LogP contribution in [0.15, 0.2) is 18.2 Å². The van der Waals surface area contributed by atoms with E-state index in [1.807, 2.05) is 16.7 Å². The van der Waals surface area contributed by atoms with Gasteiger partial charge >= 0.3 is 5.97 Å². The van der Waals surface area contributed by atoms with E-state index in [2.05, 4.69) is 10.0 Å². The molecule has 0 radical (unpaired) electrons. The molecule has 10 heteroatoms. The van der Waals surface area contributed by atoms with E-state index in [4.69, 9.17) is 5.11 Å². The molecule has 1 amide bonds. The number of aromatic carboxylic acids is 1. The van der Waals surface area contributed by atoms with Crippen LogP contribution in [0.5, 0.6) is 0 Å². The number of carbonyl (C=O) groups is 2. The molecule has 3 N–H and O–H groups in total. The van der Waals surface area contributed by atoms with Gasteiger partial charge in [0.05, 0.1) is 29.7 Å². The molecule has 1 saturated heterocycles. The molecule has 1 heterocycles. The van der Waals surface area contributed by atoms with Crippen LogP contribution in [0.4, 0.5) is 11.4 Å². The predicted octanol–water partition coefficient (Wildman–Crippen LogP) is 0.405. The van der Waals surface area contributed by atoms with Gasteiger partial charge in [0.15, 0.2) is 0 Å². The fourth-order valence-electron chi connectivity index (χ4n) is 2.90. The lowest BCUT2D eigenvalue weighted by molar-refractivity contribution is -0.122. The smallest absolute Gasteiger partial charge is 0.335 e. The van der Waals surface area contributed by atoms with Gasteiger partial charge in [0.25, 0.3) is 0 Å². The molecule has 150 valence electrons. The summed E-state index contributed by atoms with van der Waals surface area (Å²) in [6.07, 6.45) is 1.92. The summed E-state index contributed by atoms with van der Waals surface area (Å²) >= 11 is 0. The van der Waals surface area contributed by atoms with Crippen molar-refractivity contribution in [3.05, 3.63) is 23.8 Å². The highest BCUT2D eigenvalue weighted by molar-refractivity contribution is 7.92. The number of nitrogens with zero attached hydrogens (tertiary/aromatic N) is 2. The number of nitrogens with one attached hydrogen (secondary N) is 2. The molecule has 1 aliphatic rings. The van der Waals surface area contributed by atoms with E-state index in [0.717, 1.165) is 12.7 Å². The normalized spacial score (nSPS) is 15.4. The molecule has 9 nitrogen and oxygen atoms in total. The van der Waals surface area contributed by atoms with E-state index in [1.165, 1.54) is 12.1 Å². The van der Waals surface area contributed by atoms with Crippen LogP contribution in [-0.2, 0) is 14.8 Å². The zero-order valence-corrected chi connectivity index (χ0v) is 16.4. The molecular weight excluding hydrogens is 372 g/mol. The topological polar surface area (TPSA) is 119 Å². The van der Waals surface area contributed by atoms with E-state index in [9.17, 15) is 18.0 Å². The first-order valence-electron chi connectivity index (χ1n) is 8.78. The SMILES string of the molecule is CCCNC(=O)CN1CCN(c2ccc(C(=O)O)cc2NS(C)(=O)=O)CC1. The Hall–Kier alpha value is -2.33. The summed E-state index contributed by atoms with van der Waals surface area (Å²) in [6.45, 7) is 5.50. The number of amides is 1. The zero-order chi connectivity index (χ0) is 20.0. The third kappa shape index (κ3) is 6.40. The second-order valence-electron chi connectivity index (χ2n) is 6.52. The van der Waals surface area contributed by atoms with Crippen LogP contribution in [0.3, 0.4) is 0 Å². The lowest BCUT2D eigenvalue weighted by Gasteiger charge is -2.36. The number of hydrogen-bond donors (Lipinski definition) is 3. The van der Waals surface area contributed by atoms with Crippen molar-refractivity contribution in [2.24, 2.45) is 0 Å². The lowest BCUT2D eigenvalue weighted by atomic mass is 10.1. The van der Waals surface area contributed by atoms with E-state index in [1.54, 1.807) is 6.07 Å². The van der Waals surface area contributed by atoms with Gasteiger partial charge in [-0.2, -0.15) is 0 Å². The third-order valence-electron chi connectivity index (χ3n) is 4.19. The summed E-state index contributed by atoms with van der Waals surface area (Å²) in [7, 11) is -3.55. The number of carboxylic acid groups (broad SMARTS) is 1. The number of sulfonamides is 1. The standard InChI is InChI=1S/C17H26N4O5S/c1-3-6-18-16(22)12-20-7-9-21(10-8-20)15-5-4-13(17(23)24)11-14(15)19-27(2,25)26/h4-5,11,19H,3,6-10,12H2,1-2H3,(H,18,22)(H,23,24). The minimum absolute atomic E-state index is 0.00413. The van der Waals surface area contributed by atoms with Crippen molar-refractivity contribution in [3.8, 4) is 0 Å². The fraction of sp³-hybridized carbons (Fsp3) is 0.529. The highest BCUT2D eigenvalue weighted by Gasteiger charge is 2.22. The molecule has 27 heavy (non-hydrogen) atoms. The maximum atomic E-state index is 11.8. The van der Waals surface area contributed by atoms with Gasteiger partial charge in [-0.05, 0) is 24.6 Å². The van der Waals surface area contributed by atoms with Crippen molar-refractivity contribution in [1.29, 1.82) is 0 Å². The Labute approximate surface area is 159 Å². The van der Waals surface area contributed by atoms with Crippen molar-refractivity contribution in [2.75, 3.05) is 55.1 Å². The fourth-order valence-corrected chi connectivity index (χ4v) is 3.46. The summed E-state index contributed by atoms with van der Waals surface area (Å²) < 4.78 is 25.7. The second kappa shape index (κ2) is 9.05. The Morgan fingerprint density at radius 3 is 2.41 bits per heavy atom. The average molecular weight is 398 g/mol. The van der Waals surface area contributed by atoms with E-state index in [0.29, 0.717) is 45.0 Å². The van der Waals surface area contributed by atoms with Crippen molar-refractivity contribution >= 4 is 33.3 Å². The molecule has 0 atom stereocenters. The van der Waals surface area contributed by atoms with Crippen molar-refractivity contribution in [2.45, 2.75) is 13.3 Å². The monoisotopic (exact) mass is 398 g/mol. The van der Waals surface area contributed by atoms with Crippen LogP contribution in [0.2, 0.25) is 0 Å². The maximum absolute atomic E-state index is 11.8. The van der Waals surface area contributed by atoms with Crippen LogP contribution >= 0.6 is 0 Å². The maximum Gasteiger partial charge on any atom is 0.335 e. The summed E-state index contributed by atoms with van der Waals surface area (Å²) in [5.41, 5.74) is 0.878. The quantitative estimate of drug-likeness (QED) is 0.580. The number of rotatable bonds is 8. The van der Waals surface area contributed by atoms with Crippen LogP contribution in [0.1, 0.15) is 23.7 Å². The number of anilines is 2. The summed E-state index contributed by atoms with van der Waals surface area (Å²) in [4.78, 5) is 27.1. The number of carbonyl (C=O) groups excluding carboxylic acids is 1. The molecule has 0 aromatic heterocycles. The average Bonchev–Trinajstić information content (AvgIpc) is 2.59. The van der Waals surface area contributed by atoms with Gasteiger partial charge in [-0.1, -0.05) is 6.92 Å². The first kappa shape index (κ1) is 21.0. The van der Waals surface area contributed by atoms with E-state index < -0.39 is 16.0 Å². The first-order valence-corrected chi connectivity index (χ1v) is 10.7. The summed E-state index contributed by atoms with van der Waals surface area (Å²) in [6, 6.07) is 4.39. The molecule has 1 aromatic carbocycles. The Bertz CT molecular complexity index is 789. The first-order chi connectivity index (χ1) is 12.7. The minimum Gasteiger partial charge on any atom is -0.478 e. The molecule has 2 rings (SSSR count). The number of benzene rings is 1. The van der Waals surface area contributed by atoms with Crippen LogP contribution in [0, 0.1) is 0 Å². The van der Waals surface area contributed by atoms with Crippen LogP contribution in [0.25, 0.3) is 0 Å². The Kier molecular flexibility index (Phi) is 7.03. The molecule has 1 aliphatic heterocycles.